The zero-order chi connectivity index (χ0) is 25.5. The monoisotopic (exact) mass is 506 g/mol. The summed E-state index contributed by atoms with van der Waals surface area (Å²) in [6.45, 7) is 10.6. The van der Waals surface area contributed by atoms with Gasteiger partial charge in [0.05, 0.1) is 36.2 Å². The lowest BCUT2D eigenvalue weighted by molar-refractivity contribution is 0.280. The summed E-state index contributed by atoms with van der Waals surface area (Å²) in [4.78, 5) is 1.60. The molecule has 0 aliphatic rings. The molecule has 0 bridgehead atoms. The average molecular weight is 507 g/mol. The number of unbranched alkanes of at least 4 members (excludes halogenated alkanes) is 4. The summed E-state index contributed by atoms with van der Waals surface area (Å²) in [7, 11) is 0. The van der Waals surface area contributed by atoms with Crippen LogP contribution in [0.3, 0.4) is 0 Å². The van der Waals surface area contributed by atoms with Gasteiger partial charge in [-0.15, -0.1) is 0 Å². The van der Waals surface area contributed by atoms with E-state index < -0.39 is 0 Å². The van der Waals surface area contributed by atoms with E-state index >= 15 is 0 Å². The van der Waals surface area contributed by atoms with Crippen LogP contribution >= 0.6 is 11.8 Å². The maximum Gasteiger partial charge on any atom is 0.162 e. The van der Waals surface area contributed by atoms with Gasteiger partial charge in [0.2, 0.25) is 0 Å². The molecule has 35 heavy (non-hydrogen) atoms. The van der Waals surface area contributed by atoms with Crippen LogP contribution in [0.2, 0.25) is 0 Å². The van der Waals surface area contributed by atoms with E-state index in [-0.39, 0.29) is 11.5 Å². The Balaban J connectivity index is 2.42. The molecule has 0 fully saturated rings. The van der Waals surface area contributed by atoms with Crippen molar-refractivity contribution in [3.8, 4) is 34.5 Å². The highest BCUT2D eigenvalue weighted by Crippen LogP contribution is 2.47. The Morgan fingerprint density at radius 1 is 0.514 bits per heavy atom. The summed E-state index contributed by atoms with van der Waals surface area (Å²) in [6, 6.07) is 6.88. The van der Waals surface area contributed by atoms with Crippen molar-refractivity contribution in [2.75, 3.05) is 26.4 Å². The maximum absolute atomic E-state index is 10.5. The summed E-state index contributed by atoms with van der Waals surface area (Å²) < 4.78 is 23.7. The molecule has 0 amide bonds. The fourth-order valence-corrected chi connectivity index (χ4v) is 4.11. The van der Waals surface area contributed by atoms with Crippen molar-refractivity contribution in [3.05, 3.63) is 24.3 Å². The van der Waals surface area contributed by atoms with Crippen molar-refractivity contribution in [1.29, 1.82) is 0 Å². The Morgan fingerprint density at radius 2 is 0.829 bits per heavy atom. The van der Waals surface area contributed by atoms with Crippen molar-refractivity contribution in [2.45, 2.75) is 88.9 Å². The number of phenolic OH excluding ortho intramolecular Hbond substituents is 2. The number of benzene rings is 2. The molecule has 0 unspecified atom stereocenters. The highest BCUT2D eigenvalue weighted by Gasteiger charge is 2.18. The van der Waals surface area contributed by atoms with Gasteiger partial charge in [-0.2, -0.15) is 0 Å². The van der Waals surface area contributed by atoms with Crippen LogP contribution in [0.4, 0.5) is 0 Å². The van der Waals surface area contributed by atoms with E-state index in [1.807, 2.05) is 12.1 Å². The molecule has 0 spiro atoms. The summed E-state index contributed by atoms with van der Waals surface area (Å²) >= 11 is 1.45. The molecule has 0 aliphatic heterocycles. The van der Waals surface area contributed by atoms with Gasteiger partial charge in [0.15, 0.2) is 23.0 Å². The quantitative estimate of drug-likeness (QED) is 0.199. The molecule has 2 aromatic rings. The van der Waals surface area contributed by atoms with Crippen LogP contribution in [0.15, 0.2) is 34.1 Å². The predicted octanol–water partition coefficient (Wildman–Crippen LogP) is 7.96. The summed E-state index contributed by atoms with van der Waals surface area (Å²) in [5.74, 6) is 2.15. The molecule has 2 rings (SSSR count). The van der Waals surface area contributed by atoms with Gasteiger partial charge in [-0.1, -0.05) is 65.1 Å². The van der Waals surface area contributed by atoms with E-state index in [1.54, 1.807) is 12.1 Å². The number of hydrogen-bond acceptors (Lipinski definition) is 7. The Kier molecular flexibility index (Phi) is 13.4. The van der Waals surface area contributed by atoms with Gasteiger partial charge < -0.3 is 29.2 Å². The third-order valence-corrected chi connectivity index (χ3v) is 6.37. The second-order valence-electron chi connectivity index (χ2n) is 8.44. The largest absolute Gasteiger partial charge is 0.504 e. The molecular weight excluding hydrogens is 464 g/mol. The molecule has 196 valence electrons. The van der Waals surface area contributed by atoms with Gasteiger partial charge in [0, 0.05) is 24.3 Å². The highest BCUT2D eigenvalue weighted by molar-refractivity contribution is 7.99. The number of hydrogen-bond donors (Lipinski definition) is 2. The second-order valence-corrected chi connectivity index (χ2v) is 9.53. The number of ether oxygens (including phenoxy) is 4. The van der Waals surface area contributed by atoms with E-state index in [2.05, 4.69) is 27.7 Å². The topological polar surface area (TPSA) is 77.4 Å². The lowest BCUT2D eigenvalue weighted by atomic mass is 10.3. The molecule has 0 aliphatic carbocycles. The highest BCUT2D eigenvalue weighted by atomic mass is 32.2. The molecule has 6 nitrogen and oxygen atoms in total. The smallest absolute Gasteiger partial charge is 0.162 e. The van der Waals surface area contributed by atoms with Gasteiger partial charge in [-0.25, -0.2) is 0 Å². The minimum atomic E-state index is 0.0608. The molecule has 2 N–H and O–H groups in total. The third-order valence-electron chi connectivity index (χ3n) is 5.29. The molecular formula is C28H42O6S. The van der Waals surface area contributed by atoms with Gasteiger partial charge in [0.25, 0.3) is 0 Å². The van der Waals surface area contributed by atoms with E-state index in [1.165, 1.54) is 11.8 Å². The summed E-state index contributed by atoms with van der Waals surface area (Å²) in [6.07, 6.45) is 7.68. The van der Waals surface area contributed by atoms with E-state index in [9.17, 15) is 10.2 Å². The zero-order valence-corrected chi connectivity index (χ0v) is 22.5. The molecule has 0 atom stereocenters. The second kappa shape index (κ2) is 16.3. The van der Waals surface area contributed by atoms with Gasteiger partial charge in [-0.05, 0) is 25.7 Å². The van der Waals surface area contributed by atoms with Crippen LogP contribution in [0.1, 0.15) is 79.1 Å². The van der Waals surface area contributed by atoms with Crippen molar-refractivity contribution in [1.82, 2.24) is 0 Å². The fraction of sp³-hybridized carbons (Fsp3) is 0.571. The Labute approximate surface area is 214 Å². The lowest BCUT2D eigenvalue weighted by Gasteiger charge is -2.18. The Hall–Kier alpha value is -2.41. The van der Waals surface area contributed by atoms with Crippen LogP contribution in [-0.2, 0) is 0 Å². The van der Waals surface area contributed by atoms with Crippen molar-refractivity contribution >= 4 is 11.8 Å². The number of phenols is 2. The molecule has 0 saturated carbocycles. The van der Waals surface area contributed by atoms with Crippen LogP contribution < -0.4 is 18.9 Å². The first kappa shape index (κ1) is 28.8. The third kappa shape index (κ3) is 9.63. The Morgan fingerprint density at radius 3 is 1.14 bits per heavy atom. The van der Waals surface area contributed by atoms with Crippen LogP contribution in [0, 0.1) is 0 Å². The fourth-order valence-electron chi connectivity index (χ4n) is 3.10. The first-order valence-electron chi connectivity index (χ1n) is 13.0. The normalized spacial score (nSPS) is 10.9. The van der Waals surface area contributed by atoms with E-state index in [4.69, 9.17) is 18.9 Å². The van der Waals surface area contributed by atoms with Gasteiger partial charge >= 0.3 is 0 Å². The molecule has 7 heteroatoms. The van der Waals surface area contributed by atoms with Crippen molar-refractivity contribution in [2.24, 2.45) is 0 Å². The summed E-state index contributed by atoms with van der Waals surface area (Å²) in [5.41, 5.74) is 0. The van der Waals surface area contributed by atoms with Gasteiger partial charge in [-0.3, -0.25) is 0 Å². The number of aromatic hydroxyl groups is 2. The average Bonchev–Trinajstić information content (AvgIpc) is 2.84. The molecule has 0 radical (unpaired) electrons. The first-order chi connectivity index (χ1) is 17.0. The molecule has 0 saturated heterocycles. The minimum absolute atomic E-state index is 0.0608. The molecule has 0 aromatic heterocycles. The predicted molar refractivity (Wildman–Crippen MR) is 142 cm³/mol. The molecule has 2 aromatic carbocycles. The summed E-state index contributed by atoms with van der Waals surface area (Å²) in [5, 5.41) is 21.1. The van der Waals surface area contributed by atoms with Gasteiger partial charge in [0.1, 0.15) is 11.5 Å². The zero-order valence-electron chi connectivity index (χ0n) is 21.7. The van der Waals surface area contributed by atoms with Crippen molar-refractivity contribution in [3.63, 3.8) is 0 Å². The van der Waals surface area contributed by atoms with Crippen LogP contribution in [0.25, 0.3) is 0 Å². The van der Waals surface area contributed by atoms with Crippen LogP contribution in [-0.4, -0.2) is 36.6 Å². The SMILES string of the molecule is CCCCOc1cc(Sc2cc(OCCCC)c(O)cc2OCCCC)c(OCCCC)cc1O. The first-order valence-corrected chi connectivity index (χ1v) is 13.8. The van der Waals surface area contributed by atoms with Crippen molar-refractivity contribution < 1.29 is 29.2 Å². The van der Waals surface area contributed by atoms with E-state index in [0.29, 0.717) is 49.4 Å². The Bertz CT molecular complexity index is 815. The van der Waals surface area contributed by atoms with E-state index in [0.717, 1.165) is 61.2 Å². The number of rotatable bonds is 18. The minimum Gasteiger partial charge on any atom is -0.504 e. The molecule has 0 heterocycles. The van der Waals surface area contributed by atoms with Crippen LogP contribution in [0.5, 0.6) is 34.5 Å². The standard InChI is InChI=1S/C28H42O6S/c1-5-9-13-31-23-19-27(25(17-21(23)29)33-15-11-7-3)35-28-20-24(32-14-10-6-2)22(30)18-26(28)34-16-12-8-4/h17-20,29-30H,5-16H2,1-4H3. The maximum atomic E-state index is 10.5. The lowest BCUT2D eigenvalue weighted by Crippen LogP contribution is -2.02.